The lowest BCUT2D eigenvalue weighted by atomic mass is 10.0. The number of nitrogens with zero attached hydrogens (tertiary/aromatic N) is 2. The van der Waals surface area contributed by atoms with Gasteiger partial charge in [-0.15, -0.1) is 6.04 Å². The molecule has 4 rings (SSSR count). The second-order valence-corrected chi connectivity index (χ2v) is 8.89. The molecule has 2 fully saturated rings. The predicted octanol–water partition coefficient (Wildman–Crippen LogP) is 4.20. The number of carboxylic acids is 1. The molecule has 1 saturated heterocycles. The topological polar surface area (TPSA) is 116 Å². The molecule has 8 nitrogen and oxygen atoms in total. The molecule has 2 aromatic rings. The Labute approximate surface area is 203 Å². The van der Waals surface area contributed by atoms with Gasteiger partial charge in [0.15, 0.2) is 5.69 Å². The van der Waals surface area contributed by atoms with E-state index in [9.17, 15) is 18.4 Å². The summed E-state index contributed by atoms with van der Waals surface area (Å²) in [7, 11) is 1.60. The van der Waals surface area contributed by atoms with Gasteiger partial charge in [0.2, 0.25) is 11.8 Å². The van der Waals surface area contributed by atoms with Crippen molar-refractivity contribution in [3.8, 4) is 5.88 Å². The van der Waals surface area contributed by atoms with E-state index < -0.39 is 11.9 Å². The summed E-state index contributed by atoms with van der Waals surface area (Å²) in [6.07, 6.45) is 4.05. The van der Waals surface area contributed by atoms with Crippen molar-refractivity contribution in [1.82, 2.24) is 10.3 Å². The smallest absolute Gasteiger partial charge is 0.354 e. The third-order valence-corrected chi connectivity index (χ3v) is 5.73. The standard InChI is InChI=1S/C13H14F2N2O3.C12H17N2O/c14-13(15)6-17(7-13)10-4-3-9(12(18)19)16-11(10)20-5-8-1-2-8;1-14-12(15)9-11(13)8-7-10-5-3-2-4-6-10/h3-4,8H,1-2,5-7H2,(H,18,19);2-6,11,13H,7-9H2,1H3,(H,14,15)/q;-1. The zero-order chi connectivity index (χ0) is 25.4. The average Bonchev–Trinajstić information content (AvgIpc) is 3.65. The summed E-state index contributed by atoms with van der Waals surface area (Å²) in [4.78, 5) is 27.3. The van der Waals surface area contributed by atoms with E-state index in [4.69, 9.17) is 15.6 Å². The molecule has 1 amide bonds. The maximum absolute atomic E-state index is 12.9. The minimum Gasteiger partial charge on any atom is -0.674 e. The molecule has 1 aromatic carbocycles. The molecule has 1 aliphatic heterocycles. The number of ether oxygens (including phenoxy) is 1. The van der Waals surface area contributed by atoms with Crippen molar-refractivity contribution in [2.24, 2.45) is 5.92 Å². The molecule has 0 radical (unpaired) electrons. The maximum atomic E-state index is 12.9. The van der Waals surface area contributed by atoms with Gasteiger partial charge in [-0.1, -0.05) is 36.8 Å². The molecule has 0 spiro atoms. The first kappa shape index (κ1) is 26.3. The minimum atomic E-state index is -2.70. The van der Waals surface area contributed by atoms with E-state index in [-0.39, 0.29) is 36.6 Å². The molecule has 1 aliphatic carbocycles. The number of rotatable bonds is 10. The lowest BCUT2D eigenvalue weighted by molar-refractivity contribution is -0.120. The van der Waals surface area contributed by atoms with Crippen molar-refractivity contribution in [1.29, 1.82) is 0 Å². The van der Waals surface area contributed by atoms with Gasteiger partial charge in [0.1, 0.15) is 5.69 Å². The van der Waals surface area contributed by atoms with Gasteiger partial charge >= 0.3 is 5.97 Å². The number of hydrogen-bond donors (Lipinski definition) is 2. The van der Waals surface area contributed by atoms with Crippen LogP contribution in [0.2, 0.25) is 0 Å². The number of amides is 1. The minimum absolute atomic E-state index is 0.0527. The Morgan fingerprint density at radius 2 is 1.91 bits per heavy atom. The Balaban J connectivity index is 0.000000205. The van der Waals surface area contributed by atoms with E-state index >= 15 is 0 Å². The number of aromatic nitrogens is 1. The molecule has 2 aliphatic rings. The Morgan fingerprint density at radius 1 is 1.23 bits per heavy atom. The SMILES string of the molecule is CNC(=O)CC([NH-])CCc1ccccc1.O=C(O)c1ccc(N2CC(F)(F)C2)c(OCC2CC2)n1. The van der Waals surface area contributed by atoms with E-state index in [0.29, 0.717) is 24.6 Å². The molecular formula is C25H31F2N4O4-. The van der Waals surface area contributed by atoms with Gasteiger partial charge in [-0.3, -0.25) is 4.79 Å². The number of alkyl halides is 2. The average molecular weight is 490 g/mol. The monoisotopic (exact) mass is 489 g/mol. The summed E-state index contributed by atoms with van der Waals surface area (Å²) in [5, 5.41) is 11.5. The molecule has 1 unspecified atom stereocenters. The number of carbonyl (C=O) groups excluding carboxylic acids is 1. The Kier molecular flexibility index (Phi) is 8.97. The van der Waals surface area contributed by atoms with Crippen LogP contribution in [0.25, 0.3) is 5.73 Å². The van der Waals surface area contributed by atoms with Crippen molar-refractivity contribution in [3.05, 3.63) is 59.5 Å². The summed E-state index contributed by atoms with van der Waals surface area (Å²) >= 11 is 0. The first-order valence-electron chi connectivity index (χ1n) is 11.6. The first-order chi connectivity index (χ1) is 16.7. The van der Waals surface area contributed by atoms with E-state index in [2.05, 4.69) is 10.3 Å². The summed E-state index contributed by atoms with van der Waals surface area (Å²) < 4.78 is 31.4. The third-order valence-electron chi connectivity index (χ3n) is 5.73. The molecule has 3 N–H and O–H groups in total. The fourth-order valence-corrected chi connectivity index (χ4v) is 3.48. The fraction of sp³-hybridized carbons (Fsp3) is 0.480. The number of carbonyl (C=O) groups is 2. The van der Waals surface area contributed by atoms with Gasteiger partial charge in [-0.25, -0.2) is 18.6 Å². The van der Waals surface area contributed by atoms with Gasteiger partial charge in [0, 0.05) is 13.5 Å². The first-order valence-corrected chi connectivity index (χ1v) is 11.6. The number of aromatic carboxylic acids is 1. The van der Waals surface area contributed by atoms with Crippen LogP contribution < -0.4 is 15.0 Å². The predicted molar refractivity (Wildman–Crippen MR) is 128 cm³/mol. The van der Waals surface area contributed by atoms with E-state index in [1.165, 1.54) is 22.6 Å². The fourth-order valence-electron chi connectivity index (χ4n) is 3.48. The summed E-state index contributed by atoms with van der Waals surface area (Å²) in [6.45, 7) is -0.324. The molecule has 2 heterocycles. The number of nitrogens with one attached hydrogen (secondary N) is 2. The van der Waals surface area contributed by atoms with Crippen LogP contribution in [0.4, 0.5) is 14.5 Å². The van der Waals surface area contributed by atoms with E-state index in [0.717, 1.165) is 25.7 Å². The molecule has 0 bridgehead atoms. The number of hydrogen-bond acceptors (Lipinski definition) is 5. The van der Waals surface area contributed by atoms with Gasteiger partial charge < -0.3 is 25.8 Å². The number of halogens is 2. The van der Waals surface area contributed by atoms with Crippen molar-refractivity contribution in [3.63, 3.8) is 0 Å². The second-order valence-electron chi connectivity index (χ2n) is 8.89. The molecule has 1 aromatic heterocycles. The van der Waals surface area contributed by atoms with Crippen molar-refractivity contribution in [2.75, 3.05) is 31.6 Å². The highest BCUT2D eigenvalue weighted by Gasteiger charge is 2.45. The Morgan fingerprint density at radius 3 is 2.49 bits per heavy atom. The molecular weight excluding hydrogens is 458 g/mol. The van der Waals surface area contributed by atoms with Crippen molar-refractivity contribution in [2.45, 2.75) is 44.1 Å². The molecule has 1 saturated carbocycles. The van der Waals surface area contributed by atoms with Crippen LogP contribution in [-0.4, -0.2) is 60.7 Å². The Hall–Kier alpha value is -3.27. The van der Waals surface area contributed by atoms with Crippen molar-refractivity contribution < 1.29 is 28.2 Å². The van der Waals surface area contributed by atoms with Crippen LogP contribution >= 0.6 is 0 Å². The van der Waals surface area contributed by atoms with Crippen LogP contribution in [0.3, 0.4) is 0 Å². The van der Waals surface area contributed by atoms with Gasteiger partial charge in [-0.05, 0) is 42.9 Å². The van der Waals surface area contributed by atoms with Crippen LogP contribution in [0.1, 0.15) is 41.7 Å². The molecule has 35 heavy (non-hydrogen) atoms. The zero-order valence-electron chi connectivity index (χ0n) is 19.7. The highest BCUT2D eigenvalue weighted by molar-refractivity contribution is 5.86. The second kappa shape index (κ2) is 11.9. The molecule has 190 valence electrons. The summed E-state index contributed by atoms with van der Waals surface area (Å²) in [5.74, 6) is -3.31. The van der Waals surface area contributed by atoms with Crippen LogP contribution in [0, 0.1) is 5.92 Å². The molecule has 10 heteroatoms. The van der Waals surface area contributed by atoms with Crippen LogP contribution in [0.5, 0.6) is 5.88 Å². The lowest BCUT2D eigenvalue weighted by Crippen LogP contribution is -2.56. The molecule has 1 atom stereocenters. The number of aryl methyl sites for hydroxylation is 1. The zero-order valence-corrected chi connectivity index (χ0v) is 19.7. The number of anilines is 1. The van der Waals surface area contributed by atoms with Crippen LogP contribution in [0.15, 0.2) is 42.5 Å². The lowest BCUT2D eigenvalue weighted by Gasteiger charge is -2.40. The highest BCUT2D eigenvalue weighted by Crippen LogP contribution is 2.37. The quantitative estimate of drug-likeness (QED) is 0.517. The van der Waals surface area contributed by atoms with Gasteiger partial charge in [0.05, 0.1) is 19.7 Å². The maximum Gasteiger partial charge on any atom is 0.354 e. The van der Waals surface area contributed by atoms with Gasteiger partial charge in [0.25, 0.3) is 5.92 Å². The number of pyridine rings is 1. The highest BCUT2D eigenvalue weighted by atomic mass is 19.3. The number of benzene rings is 1. The largest absolute Gasteiger partial charge is 0.674 e. The summed E-state index contributed by atoms with van der Waals surface area (Å²) in [6, 6.07) is 12.5. The van der Waals surface area contributed by atoms with Crippen molar-refractivity contribution >= 4 is 17.6 Å². The number of carboxylic acid groups (broad SMARTS) is 1. The Bertz CT molecular complexity index is 994. The third kappa shape index (κ3) is 8.47. The van der Waals surface area contributed by atoms with Crippen LogP contribution in [-0.2, 0) is 11.2 Å². The van der Waals surface area contributed by atoms with E-state index in [1.54, 1.807) is 7.05 Å². The van der Waals surface area contributed by atoms with Gasteiger partial charge in [-0.2, -0.15) is 0 Å². The normalized spacial score (nSPS) is 16.9. The summed E-state index contributed by atoms with van der Waals surface area (Å²) in [5.41, 5.74) is 9.21. The van der Waals surface area contributed by atoms with E-state index in [1.807, 2.05) is 30.3 Å².